The van der Waals surface area contributed by atoms with Crippen LogP contribution in [0.4, 0.5) is 0 Å². The van der Waals surface area contributed by atoms with Crippen LogP contribution in [0.25, 0.3) is 0 Å². The van der Waals surface area contributed by atoms with Gasteiger partial charge in [-0.2, -0.15) is 0 Å². The number of hydrogen-bond acceptors (Lipinski definition) is 0. The summed E-state index contributed by atoms with van der Waals surface area (Å²) in [5.74, 6) is 0. The Kier molecular flexibility index (Phi) is 23.1. The molecule has 0 saturated carbocycles. The fraction of sp³-hybridized carbons (Fsp3) is 0. The van der Waals surface area contributed by atoms with Gasteiger partial charge in [0, 0.05) is 20.1 Å². The monoisotopic (exact) mass is 574 g/mol. The summed E-state index contributed by atoms with van der Waals surface area (Å²) in [6.45, 7) is 0. The van der Waals surface area contributed by atoms with E-state index in [4.69, 9.17) is 0 Å². The summed E-state index contributed by atoms with van der Waals surface area (Å²) in [5.41, 5.74) is 0. The fourth-order valence-corrected chi connectivity index (χ4v) is 0. The predicted molar refractivity (Wildman–Crippen MR) is 28.0 cm³/mol. The molecule has 0 fully saturated rings. The predicted octanol–water partition coefficient (Wildman–Crippen LogP) is -1.23. The molecule has 0 atom stereocenters. The topological polar surface area (TPSA) is 0 Å². The minimum Gasteiger partial charge on any atom is 0 e. The van der Waals surface area contributed by atoms with E-state index < -0.39 is 0 Å². The molecule has 0 N–H and O–H groups in total. The first-order chi connectivity index (χ1) is 1.41. The SMILES string of the molecule is I[I-]I.[Ir]. The van der Waals surface area contributed by atoms with Crippen molar-refractivity contribution < 1.29 is 33.4 Å². The molecule has 0 saturated heterocycles. The van der Waals surface area contributed by atoms with Crippen LogP contribution < -0.4 is 13.3 Å². The quantitative estimate of drug-likeness (QED) is 0.319. The molecule has 0 spiro atoms. The van der Waals surface area contributed by atoms with Crippen LogP contribution in [0.3, 0.4) is 0 Å². The van der Waals surface area contributed by atoms with Gasteiger partial charge in [-0.3, -0.25) is 0 Å². The van der Waals surface area contributed by atoms with Crippen molar-refractivity contribution in [2.45, 2.75) is 0 Å². The first-order valence-corrected chi connectivity index (χ1v) is 12.9. The Labute approximate surface area is 68.8 Å². The van der Waals surface area contributed by atoms with E-state index in [0.717, 1.165) is 0 Å². The summed E-state index contributed by atoms with van der Waals surface area (Å²) >= 11 is 5.30. The minimum atomic E-state index is 0. The maximum absolute atomic E-state index is 2.39. The first-order valence-electron chi connectivity index (χ1n) is 0.286. The number of halogens is 3. The summed E-state index contributed by atoms with van der Waals surface area (Å²) in [6.07, 6.45) is 0. The van der Waals surface area contributed by atoms with E-state index in [2.05, 4.69) is 37.2 Å². The molecule has 0 nitrogen and oxygen atoms in total. The van der Waals surface area contributed by atoms with E-state index in [1.54, 1.807) is 0 Å². The van der Waals surface area contributed by atoms with Crippen molar-refractivity contribution in [2.24, 2.45) is 0 Å². The maximum atomic E-state index is 2.39. The maximum Gasteiger partial charge on any atom is 0 e. The molecule has 0 aliphatic carbocycles. The van der Waals surface area contributed by atoms with Gasteiger partial charge >= 0.3 is 50.5 Å². The van der Waals surface area contributed by atoms with Gasteiger partial charge in [-0.1, -0.05) is 0 Å². The zero-order chi connectivity index (χ0) is 2.71. The van der Waals surface area contributed by atoms with Gasteiger partial charge in [-0.15, -0.1) is 0 Å². The van der Waals surface area contributed by atoms with Crippen LogP contribution in [0, 0.1) is 0 Å². The minimum absolute atomic E-state index is 0. The molecule has 4 heavy (non-hydrogen) atoms. The summed E-state index contributed by atoms with van der Waals surface area (Å²) in [6, 6.07) is 0. The average Bonchev–Trinajstić information content (AvgIpc) is 0.918. The second-order valence-corrected chi connectivity index (χ2v) is 16.3. The second kappa shape index (κ2) is 9.28. The summed E-state index contributed by atoms with van der Waals surface area (Å²) < 4.78 is 0. The van der Waals surface area contributed by atoms with Gasteiger partial charge in [-0.25, -0.2) is 0 Å². The molecule has 0 aliphatic heterocycles. The van der Waals surface area contributed by atoms with Gasteiger partial charge in [0.05, 0.1) is 0 Å². The van der Waals surface area contributed by atoms with Gasteiger partial charge in [0.2, 0.25) is 0 Å². The molecular formula is I3Ir-. The van der Waals surface area contributed by atoms with Crippen LogP contribution in [-0.2, 0) is 20.1 Å². The Morgan fingerprint density at radius 2 is 1.25 bits per heavy atom. The zero-order valence-corrected chi connectivity index (χ0v) is 10.3. The van der Waals surface area contributed by atoms with E-state index in [9.17, 15) is 0 Å². The van der Waals surface area contributed by atoms with Crippen molar-refractivity contribution >= 4 is 37.2 Å². The third-order valence-corrected chi connectivity index (χ3v) is 0. The van der Waals surface area contributed by atoms with Gasteiger partial charge < -0.3 is 0 Å². The Morgan fingerprint density at radius 1 is 1.25 bits per heavy atom. The van der Waals surface area contributed by atoms with Crippen LogP contribution in [0.15, 0.2) is 0 Å². The third-order valence-electron chi connectivity index (χ3n) is 0. The first kappa shape index (κ1) is 9.96. The molecule has 0 aromatic carbocycles. The number of rotatable bonds is 0. The Hall–Kier alpha value is 2.84. The third kappa shape index (κ3) is 8.85. The van der Waals surface area contributed by atoms with E-state index in [1.165, 1.54) is 0 Å². The van der Waals surface area contributed by atoms with Crippen molar-refractivity contribution in [2.75, 3.05) is 0 Å². The van der Waals surface area contributed by atoms with Crippen LogP contribution in [0.2, 0.25) is 0 Å². The molecule has 0 aliphatic rings. The standard InChI is InChI=1S/I3.Ir/c1-3-2;/q-1;. The van der Waals surface area contributed by atoms with E-state index in [-0.39, 0.29) is 20.1 Å². The molecule has 1 radical (unpaired) electrons. The van der Waals surface area contributed by atoms with Gasteiger partial charge in [0.15, 0.2) is 0 Å². The van der Waals surface area contributed by atoms with Crippen molar-refractivity contribution in [1.29, 1.82) is 0 Å². The number of hydrogen-bond donors (Lipinski definition) is 0. The molecule has 4 heteroatoms. The molecule has 31 valence electrons. The zero-order valence-electron chi connectivity index (χ0n) is 1.47. The summed E-state index contributed by atoms with van der Waals surface area (Å²) in [4.78, 5) is 0. The molecule has 0 rings (SSSR count). The smallest absolute Gasteiger partial charge is 0 e. The van der Waals surface area contributed by atoms with Crippen molar-refractivity contribution in [3.8, 4) is 0 Å². The Balaban J connectivity index is 0. The van der Waals surface area contributed by atoms with E-state index >= 15 is 0 Å². The summed E-state index contributed by atoms with van der Waals surface area (Å²) in [7, 11) is 0. The molecule has 0 aromatic heterocycles. The van der Waals surface area contributed by atoms with Gasteiger partial charge in [0.25, 0.3) is 0 Å². The van der Waals surface area contributed by atoms with Crippen LogP contribution in [0.1, 0.15) is 0 Å². The Bertz CT molecular complexity index is 3.25. The second-order valence-electron chi connectivity index (χ2n) is 0.0540. The van der Waals surface area contributed by atoms with Crippen molar-refractivity contribution in [1.82, 2.24) is 0 Å². The molecule has 0 bridgehead atoms. The van der Waals surface area contributed by atoms with E-state index in [0.29, 0.717) is 13.3 Å². The Morgan fingerprint density at radius 3 is 1.25 bits per heavy atom. The van der Waals surface area contributed by atoms with Gasteiger partial charge in [0.1, 0.15) is 0 Å². The van der Waals surface area contributed by atoms with Gasteiger partial charge in [-0.05, 0) is 0 Å². The van der Waals surface area contributed by atoms with Crippen LogP contribution in [0.5, 0.6) is 0 Å². The molecule has 0 aromatic rings. The summed E-state index contributed by atoms with van der Waals surface area (Å²) in [5, 5.41) is 0. The van der Waals surface area contributed by atoms with E-state index in [1.807, 2.05) is 0 Å². The molecule has 0 amide bonds. The largest absolute Gasteiger partial charge is 0 e. The fourth-order valence-electron chi connectivity index (χ4n) is 0. The molecule has 0 heterocycles. The van der Waals surface area contributed by atoms with Crippen LogP contribution in [-0.4, -0.2) is 0 Å². The van der Waals surface area contributed by atoms with Crippen molar-refractivity contribution in [3.05, 3.63) is 0 Å². The molecular weight excluding hydrogens is 573 g/mol. The van der Waals surface area contributed by atoms with Crippen molar-refractivity contribution in [3.63, 3.8) is 0 Å². The average molecular weight is 573 g/mol. The van der Waals surface area contributed by atoms with Crippen LogP contribution >= 0.6 is 37.2 Å². The molecule has 0 unspecified atom stereocenters. The normalized spacial score (nSPS) is 5.50.